The number of amides is 3. The Kier molecular flexibility index (Phi) is 7.24. The Hall–Kier alpha value is -2.87. The number of nitrogens with one attached hydrogen (secondary N) is 2. The van der Waals surface area contributed by atoms with E-state index in [1.165, 1.54) is 28.6 Å². The lowest BCUT2D eigenvalue weighted by molar-refractivity contribution is -0.139. The van der Waals surface area contributed by atoms with E-state index in [1.54, 1.807) is 12.1 Å². The number of nitrogens with zero attached hydrogens (tertiary/aromatic N) is 1. The SMILES string of the molecule is C=CCN(C(=O)CNC(=O)c1ccco1)C(C(=O)NC1CCCC1)c1cccs1. The molecule has 0 spiro atoms. The standard InChI is InChI=1S/C21H25N3O4S/c1-2-11-24(18(25)14-22-20(26)16-9-5-12-28-16)19(17-10-6-13-29-17)21(27)23-15-7-3-4-8-15/h2,5-6,9-10,12-13,15,19H,1,3-4,7-8,11,14H2,(H,22,26)(H,23,27). The van der Waals surface area contributed by atoms with Crippen LogP contribution in [0.2, 0.25) is 0 Å². The summed E-state index contributed by atoms with van der Waals surface area (Å²) >= 11 is 1.42. The van der Waals surface area contributed by atoms with Crippen molar-refractivity contribution < 1.29 is 18.8 Å². The fraction of sp³-hybridized carbons (Fsp3) is 0.381. The molecule has 0 aromatic carbocycles. The fourth-order valence-electron chi connectivity index (χ4n) is 3.46. The molecule has 1 fully saturated rings. The van der Waals surface area contributed by atoms with Crippen LogP contribution in [-0.2, 0) is 9.59 Å². The summed E-state index contributed by atoms with van der Waals surface area (Å²) in [7, 11) is 0. The van der Waals surface area contributed by atoms with Gasteiger partial charge in [0.15, 0.2) is 5.76 Å². The van der Waals surface area contributed by atoms with Crippen molar-refractivity contribution in [3.63, 3.8) is 0 Å². The average molecular weight is 416 g/mol. The van der Waals surface area contributed by atoms with Crippen molar-refractivity contribution in [2.24, 2.45) is 0 Å². The molecule has 7 nitrogen and oxygen atoms in total. The molecule has 1 aliphatic carbocycles. The highest BCUT2D eigenvalue weighted by Gasteiger charge is 2.33. The van der Waals surface area contributed by atoms with Gasteiger partial charge in [-0.2, -0.15) is 0 Å². The molecule has 1 aliphatic rings. The summed E-state index contributed by atoms with van der Waals surface area (Å²) in [5.74, 6) is -0.927. The van der Waals surface area contributed by atoms with Crippen molar-refractivity contribution in [3.8, 4) is 0 Å². The maximum absolute atomic E-state index is 13.1. The maximum atomic E-state index is 13.1. The van der Waals surface area contributed by atoms with Crippen LogP contribution in [0.25, 0.3) is 0 Å². The lowest BCUT2D eigenvalue weighted by Crippen LogP contribution is -2.48. The Morgan fingerprint density at radius 3 is 2.69 bits per heavy atom. The Labute approximate surface area is 173 Å². The molecule has 0 radical (unpaired) electrons. The number of hydrogen-bond donors (Lipinski definition) is 2. The zero-order chi connectivity index (χ0) is 20.6. The number of hydrogen-bond acceptors (Lipinski definition) is 5. The van der Waals surface area contributed by atoms with Gasteiger partial charge in [0.1, 0.15) is 6.04 Å². The first-order chi connectivity index (χ1) is 14.1. The summed E-state index contributed by atoms with van der Waals surface area (Å²) in [6, 6.07) is 6.19. The first-order valence-electron chi connectivity index (χ1n) is 9.66. The molecule has 2 heterocycles. The average Bonchev–Trinajstić information content (AvgIpc) is 3.48. The van der Waals surface area contributed by atoms with Gasteiger partial charge in [-0.25, -0.2) is 0 Å². The minimum absolute atomic E-state index is 0.127. The minimum atomic E-state index is -0.762. The Balaban J connectivity index is 1.73. The third kappa shape index (κ3) is 5.35. The lowest BCUT2D eigenvalue weighted by atomic mass is 10.1. The van der Waals surface area contributed by atoms with Crippen molar-refractivity contribution in [2.75, 3.05) is 13.1 Å². The molecular weight excluding hydrogens is 390 g/mol. The molecule has 29 heavy (non-hydrogen) atoms. The molecule has 8 heteroatoms. The van der Waals surface area contributed by atoms with E-state index in [1.807, 2.05) is 17.5 Å². The maximum Gasteiger partial charge on any atom is 0.287 e. The molecule has 3 amide bonds. The quantitative estimate of drug-likeness (QED) is 0.616. The van der Waals surface area contributed by atoms with Gasteiger partial charge in [0.05, 0.1) is 12.8 Å². The summed E-state index contributed by atoms with van der Waals surface area (Å²) in [5.41, 5.74) is 0. The third-order valence-electron chi connectivity index (χ3n) is 4.87. The molecule has 0 bridgehead atoms. The zero-order valence-corrected chi connectivity index (χ0v) is 17.0. The lowest BCUT2D eigenvalue weighted by Gasteiger charge is -2.30. The first-order valence-corrected chi connectivity index (χ1v) is 10.5. The predicted molar refractivity (Wildman–Crippen MR) is 110 cm³/mol. The van der Waals surface area contributed by atoms with E-state index in [9.17, 15) is 14.4 Å². The number of carbonyl (C=O) groups excluding carboxylic acids is 3. The summed E-state index contributed by atoms with van der Waals surface area (Å²) in [4.78, 5) is 40.4. The fourth-order valence-corrected chi connectivity index (χ4v) is 4.30. The molecule has 2 aromatic heterocycles. The second kappa shape index (κ2) is 10.1. The second-order valence-corrected chi connectivity index (χ2v) is 7.88. The zero-order valence-electron chi connectivity index (χ0n) is 16.1. The number of rotatable bonds is 9. The van der Waals surface area contributed by atoms with Gasteiger partial charge in [0.25, 0.3) is 5.91 Å². The van der Waals surface area contributed by atoms with E-state index in [2.05, 4.69) is 17.2 Å². The normalized spacial score (nSPS) is 14.9. The van der Waals surface area contributed by atoms with Gasteiger partial charge in [-0.1, -0.05) is 25.0 Å². The smallest absolute Gasteiger partial charge is 0.287 e. The highest BCUT2D eigenvalue weighted by Crippen LogP contribution is 2.27. The van der Waals surface area contributed by atoms with Crippen molar-refractivity contribution in [1.29, 1.82) is 0 Å². The van der Waals surface area contributed by atoms with Gasteiger partial charge in [-0.15, -0.1) is 17.9 Å². The van der Waals surface area contributed by atoms with Crippen molar-refractivity contribution in [1.82, 2.24) is 15.5 Å². The van der Waals surface area contributed by atoms with Crippen LogP contribution in [0.5, 0.6) is 0 Å². The molecule has 3 rings (SSSR count). The number of carbonyl (C=O) groups is 3. The highest BCUT2D eigenvalue weighted by molar-refractivity contribution is 7.10. The summed E-state index contributed by atoms with van der Waals surface area (Å²) in [6.45, 7) is 3.67. The van der Waals surface area contributed by atoms with Crippen LogP contribution in [0, 0.1) is 0 Å². The van der Waals surface area contributed by atoms with Crippen LogP contribution >= 0.6 is 11.3 Å². The van der Waals surface area contributed by atoms with Crippen LogP contribution in [0.15, 0.2) is 53.0 Å². The van der Waals surface area contributed by atoms with Gasteiger partial charge in [-0.3, -0.25) is 14.4 Å². The molecule has 1 saturated carbocycles. The number of thiophene rings is 1. The van der Waals surface area contributed by atoms with Crippen molar-refractivity contribution >= 4 is 29.1 Å². The van der Waals surface area contributed by atoms with Gasteiger partial charge in [-0.05, 0) is 36.4 Å². The van der Waals surface area contributed by atoms with Crippen molar-refractivity contribution in [3.05, 3.63) is 59.2 Å². The second-order valence-electron chi connectivity index (χ2n) is 6.90. The van der Waals surface area contributed by atoms with Gasteiger partial charge < -0.3 is 20.0 Å². The molecule has 154 valence electrons. The summed E-state index contributed by atoms with van der Waals surface area (Å²) in [5, 5.41) is 7.51. The molecule has 0 aliphatic heterocycles. The van der Waals surface area contributed by atoms with E-state index in [0.717, 1.165) is 30.6 Å². The van der Waals surface area contributed by atoms with E-state index in [-0.39, 0.29) is 36.7 Å². The molecule has 1 atom stereocenters. The van der Waals surface area contributed by atoms with E-state index >= 15 is 0 Å². The first kappa shape index (κ1) is 20.9. The Bertz CT molecular complexity index is 826. The van der Waals surface area contributed by atoms with E-state index in [4.69, 9.17) is 4.42 Å². The van der Waals surface area contributed by atoms with Crippen LogP contribution in [-0.4, -0.2) is 41.8 Å². The largest absolute Gasteiger partial charge is 0.459 e. The van der Waals surface area contributed by atoms with E-state index in [0.29, 0.717) is 0 Å². The number of furan rings is 1. The van der Waals surface area contributed by atoms with E-state index < -0.39 is 11.9 Å². The van der Waals surface area contributed by atoms with Gasteiger partial charge in [0.2, 0.25) is 11.8 Å². The highest BCUT2D eigenvalue weighted by atomic mass is 32.1. The Morgan fingerprint density at radius 1 is 1.28 bits per heavy atom. The summed E-state index contributed by atoms with van der Waals surface area (Å²) in [6.07, 6.45) is 7.08. The molecule has 0 saturated heterocycles. The third-order valence-corrected chi connectivity index (χ3v) is 5.79. The molecule has 2 aromatic rings. The van der Waals surface area contributed by atoms with Crippen LogP contribution in [0.1, 0.15) is 47.2 Å². The Morgan fingerprint density at radius 2 is 2.07 bits per heavy atom. The topological polar surface area (TPSA) is 91.7 Å². The molecular formula is C21H25N3O4S. The van der Waals surface area contributed by atoms with Crippen LogP contribution < -0.4 is 10.6 Å². The van der Waals surface area contributed by atoms with Crippen molar-refractivity contribution in [2.45, 2.75) is 37.8 Å². The van der Waals surface area contributed by atoms with Crippen LogP contribution in [0.4, 0.5) is 0 Å². The molecule has 2 N–H and O–H groups in total. The van der Waals surface area contributed by atoms with Crippen LogP contribution in [0.3, 0.4) is 0 Å². The minimum Gasteiger partial charge on any atom is -0.459 e. The predicted octanol–water partition coefficient (Wildman–Crippen LogP) is 2.89. The van der Waals surface area contributed by atoms with Gasteiger partial charge >= 0.3 is 0 Å². The monoisotopic (exact) mass is 415 g/mol. The van der Waals surface area contributed by atoms with Gasteiger partial charge in [0, 0.05) is 17.5 Å². The summed E-state index contributed by atoms with van der Waals surface area (Å²) < 4.78 is 5.04. The molecule has 1 unspecified atom stereocenters.